The van der Waals surface area contributed by atoms with Crippen LogP contribution in [0, 0.1) is 12.7 Å². The van der Waals surface area contributed by atoms with E-state index in [0.29, 0.717) is 41.4 Å². The lowest BCUT2D eigenvalue weighted by Crippen LogP contribution is -2.36. The van der Waals surface area contributed by atoms with Gasteiger partial charge < -0.3 is 15.2 Å². The van der Waals surface area contributed by atoms with E-state index in [2.05, 4.69) is 25.8 Å². The summed E-state index contributed by atoms with van der Waals surface area (Å²) in [5.74, 6) is 1.25. The second-order valence-electron chi connectivity index (χ2n) is 5.88. The molecular formula is C19H20ClFIN5O. The number of guanidine groups is 1. The number of halogens is 3. The minimum atomic E-state index is -0.215. The molecule has 0 fully saturated rings. The fourth-order valence-corrected chi connectivity index (χ4v) is 2.64. The zero-order chi connectivity index (χ0) is 19.2. The van der Waals surface area contributed by atoms with Crippen LogP contribution >= 0.6 is 35.6 Å². The Hall–Kier alpha value is -2.20. The molecule has 3 aromatic rings. The van der Waals surface area contributed by atoms with Crippen molar-refractivity contribution in [3.63, 3.8) is 0 Å². The van der Waals surface area contributed by atoms with Crippen LogP contribution in [0.5, 0.6) is 0 Å². The molecule has 0 bridgehead atoms. The van der Waals surface area contributed by atoms with Gasteiger partial charge in [0.15, 0.2) is 5.96 Å². The monoisotopic (exact) mass is 515 g/mol. The quantitative estimate of drug-likeness (QED) is 0.301. The Balaban J connectivity index is 0.00000280. The molecule has 0 aliphatic heterocycles. The highest BCUT2D eigenvalue weighted by molar-refractivity contribution is 14.0. The van der Waals surface area contributed by atoms with Crippen LogP contribution in [0.4, 0.5) is 4.39 Å². The summed E-state index contributed by atoms with van der Waals surface area (Å²) in [6.45, 7) is 2.56. The van der Waals surface area contributed by atoms with Gasteiger partial charge in [-0.15, -0.1) is 24.0 Å². The zero-order valence-corrected chi connectivity index (χ0v) is 18.5. The van der Waals surface area contributed by atoms with E-state index in [0.717, 1.165) is 11.1 Å². The SMILES string of the molecule is CN=C(NCc1ccc(F)c(C)c1)NCc1nc(-c2cccc(Cl)c2)no1.I. The second-order valence-corrected chi connectivity index (χ2v) is 6.32. The summed E-state index contributed by atoms with van der Waals surface area (Å²) in [5.41, 5.74) is 2.35. The van der Waals surface area contributed by atoms with E-state index >= 15 is 0 Å². The molecule has 3 rings (SSSR count). The minimum absolute atomic E-state index is 0. The van der Waals surface area contributed by atoms with Crippen molar-refractivity contribution < 1.29 is 8.91 Å². The molecule has 28 heavy (non-hydrogen) atoms. The highest BCUT2D eigenvalue weighted by Crippen LogP contribution is 2.19. The number of benzene rings is 2. The van der Waals surface area contributed by atoms with Crippen LogP contribution in [0.3, 0.4) is 0 Å². The van der Waals surface area contributed by atoms with Crippen molar-refractivity contribution >= 4 is 41.5 Å². The van der Waals surface area contributed by atoms with Crippen LogP contribution in [-0.2, 0) is 13.1 Å². The molecular weight excluding hydrogens is 496 g/mol. The molecule has 1 heterocycles. The van der Waals surface area contributed by atoms with Crippen LogP contribution in [0.15, 0.2) is 52.0 Å². The molecule has 0 aliphatic rings. The topological polar surface area (TPSA) is 75.3 Å². The van der Waals surface area contributed by atoms with E-state index in [-0.39, 0.29) is 29.8 Å². The van der Waals surface area contributed by atoms with Gasteiger partial charge in [0.1, 0.15) is 5.82 Å². The van der Waals surface area contributed by atoms with Gasteiger partial charge in [-0.25, -0.2) is 4.39 Å². The van der Waals surface area contributed by atoms with Crippen molar-refractivity contribution in [1.29, 1.82) is 0 Å². The largest absolute Gasteiger partial charge is 0.352 e. The van der Waals surface area contributed by atoms with Gasteiger partial charge in [-0.2, -0.15) is 4.98 Å². The standard InChI is InChI=1S/C19H19ClFN5O.HI/c1-12-8-13(6-7-16(12)21)10-23-19(22-2)24-11-17-25-18(26-27-17)14-4-3-5-15(20)9-14;/h3-9H,10-11H2,1-2H3,(H2,22,23,24);1H. The highest BCUT2D eigenvalue weighted by atomic mass is 127. The molecule has 0 atom stereocenters. The van der Waals surface area contributed by atoms with Crippen molar-refractivity contribution in [2.75, 3.05) is 7.05 Å². The first kappa shape index (κ1) is 22.1. The number of nitrogens with zero attached hydrogens (tertiary/aromatic N) is 3. The number of aryl methyl sites for hydroxylation is 1. The number of hydrogen-bond donors (Lipinski definition) is 2. The normalized spacial score (nSPS) is 11.1. The molecule has 6 nitrogen and oxygen atoms in total. The van der Waals surface area contributed by atoms with Gasteiger partial charge in [0.25, 0.3) is 0 Å². The predicted molar refractivity (Wildman–Crippen MR) is 118 cm³/mol. The summed E-state index contributed by atoms with van der Waals surface area (Å²) in [4.78, 5) is 8.49. The average molecular weight is 516 g/mol. The lowest BCUT2D eigenvalue weighted by atomic mass is 10.1. The number of nitrogens with one attached hydrogen (secondary N) is 2. The molecule has 0 radical (unpaired) electrons. The van der Waals surface area contributed by atoms with Gasteiger partial charge in [0, 0.05) is 24.2 Å². The van der Waals surface area contributed by atoms with E-state index in [1.165, 1.54) is 6.07 Å². The molecule has 0 saturated carbocycles. The first-order valence-corrected chi connectivity index (χ1v) is 8.71. The number of rotatable bonds is 5. The Kier molecular flexibility index (Phi) is 8.18. The number of hydrogen-bond acceptors (Lipinski definition) is 4. The van der Waals surface area contributed by atoms with Crippen LogP contribution in [-0.4, -0.2) is 23.1 Å². The first-order valence-electron chi connectivity index (χ1n) is 8.33. The van der Waals surface area contributed by atoms with Crippen molar-refractivity contribution in [1.82, 2.24) is 20.8 Å². The third-order valence-electron chi connectivity index (χ3n) is 3.86. The minimum Gasteiger partial charge on any atom is -0.352 e. The van der Waals surface area contributed by atoms with Crippen molar-refractivity contribution in [3.8, 4) is 11.4 Å². The van der Waals surface area contributed by atoms with E-state index in [1.807, 2.05) is 12.1 Å². The van der Waals surface area contributed by atoms with E-state index in [1.54, 1.807) is 38.2 Å². The summed E-state index contributed by atoms with van der Waals surface area (Å²) in [5, 5.41) is 10.8. The van der Waals surface area contributed by atoms with Gasteiger partial charge in [-0.1, -0.05) is 41.0 Å². The van der Waals surface area contributed by atoms with Crippen molar-refractivity contribution in [2.45, 2.75) is 20.0 Å². The number of aliphatic imine (C=N–C) groups is 1. The molecule has 0 amide bonds. The Morgan fingerprint density at radius 1 is 1.18 bits per heavy atom. The Labute approximate surface area is 184 Å². The maximum Gasteiger partial charge on any atom is 0.246 e. The summed E-state index contributed by atoms with van der Waals surface area (Å²) in [6.07, 6.45) is 0. The van der Waals surface area contributed by atoms with Crippen molar-refractivity contribution in [3.05, 3.63) is 70.3 Å². The van der Waals surface area contributed by atoms with Gasteiger partial charge in [-0.3, -0.25) is 4.99 Å². The fraction of sp³-hybridized carbons (Fsp3) is 0.211. The Morgan fingerprint density at radius 3 is 2.68 bits per heavy atom. The zero-order valence-electron chi connectivity index (χ0n) is 15.4. The summed E-state index contributed by atoms with van der Waals surface area (Å²) >= 11 is 5.98. The van der Waals surface area contributed by atoms with Crippen LogP contribution in [0.1, 0.15) is 17.0 Å². The second kappa shape index (κ2) is 10.4. The van der Waals surface area contributed by atoms with Crippen LogP contribution in [0.2, 0.25) is 5.02 Å². The molecule has 2 N–H and O–H groups in total. The third kappa shape index (κ3) is 5.90. The van der Waals surface area contributed by atoms with E-state index in [4.69, 9.17) is 16.1 Å². The maximum absolute atomic E-state index is 13.3. The van der Waals surface area contributed by atoms with Crippen molar-refractivity contribution in [2.24, 2.45) is 4.99 Å². The fourth-order valence-electron chi connectivity index (χ4n) is 2.45. The predicted octanol–water partition coefficient (Wildman–Crippen LogP) is 4.32. The van der Waals surface area contributed by atoms with Crippen LogP contribution in [0.25, 0.3) is 11.4 Å². The molecule has 0 aliphatic carbocycles. The summed E-state index contributed by atoms with van der Waals surface area (Å²) < 4.78 is 18.6. The lowest BCUT2D eigenvalue weighted by Gasteiger charge is -2.11. The average Bonchev–Trinajstić information content (AvgIpc) is 3.14. The molecule has 148 valence electrons. The molecule has 2 aromatic carbocycles. The van der Waals surface area contributed by atoms with Gasteiger partial charge in [0.2, 0.25) is 11.7 Å². The van der Waals surface area contributed by atoms with E-state index < -0.39 is 0 Å². The Bertz CT molecular complexity index is 963. The highest BCUT2D eigenvalue weighted by Gasteiger charge is 2.10. The van der Waals surface area contributed by atoms with Gasteiger partial charge in [0.05, 0.1) is 6.54 Å². The van der Waals surface area contributed by atoms with Crippen LogP contribution < -0.4 is 10.6 Å². The Morgan fingerprint density at radius 2 is 1.96 bits per heavy atom. The van der Waals surface area contributed by atoms with E-state index in [9.17, 15) is 4.39 Å². The molecule has 0 unspecified atom stereocenters. The van der Waals surface area contributed by atoms with Gasteiger partial charge in [-0.05, 0) is 36.2 Å². The smallest absolute Gasteiger partial charge is 0.246 e. The molecule has 0 saturated heterocycles. The molecule has 0 spiro atoms. The molecule has 9 heteroatoms. The molecule has 1 aromatic heterocycles. The lowest BCUT2D eigenvalue weighted by molar-refractivity contribution is 0.375. The third-order valence-corrected chi connectivity index (χ3v) is 4.10. The number of aromatic nitrogens is 2. The maximum atomic E-state index is 13.3. The summed E-state index contributed by atoms with van der Waals surface area (Å²) in [7, 11) is 1.66. The van der Waals surface area contributed by atoms with Gasteiger partial charge >= 0.3 is 0 Å². The summed E-state index contributed by atoms with van der Waals surface area (Å²) in [6, 6.07) is 12.2. The first-order chi connectivity index (χ1) is 13.0.